The van der Waals surface area contributed by atoms with E-state index in [2.05, 4.69) is 4.90 Å². The minimum absolute atomic E-state index is 0.267. The Morgan fingerprint density at radius 2 is 1.86 bits per heavy atom. The molecule has 0 unspecified atom stereocenters. The Hall–Kier alpha value is -2.04. The second-order valence-corrected chi connectivity index (χ2v) is 6.11. The number of hydrogen-bond donors (Lipinski definition) is 0. The second kappa shape index (κ2) is 6.16. The molecule has 0 N–H and O–H groups in total. The molecular formula is C16H21N2O3. The van der Waals surface area contributed by atoms with Crippen LogP contribution >= 0.6 is 0 Å². The summed E-state index contributed by atoms with van der Waals surface area (Å²) in [6, 6.07) is 7.35. The summed E-state index contributed by atoms with van der Waals surface area (Å²) in [7, 11) is 0. The number of carbonyl (C=O) groups is 1. The Morgan fingerprint density at radius 1 is 1.19 bits per heavy atom. The van der Waals surface area contributed by atoms with E-state index in [4.69, 9.17) is 4.74 Å². The van der Waals surface area contributed by atoms with Crippen LogP contribution in [0.4, 0.5) is 10.5 Å². The van der Waals surface area contributed by atoms with Crippen molar-refractivity contribution in [1.29, 1.82) is 0 Å². The molecule has 0 aliphatic carbocycles. The SMILES string of the molecule is CC(C)(C)OC(=O)N1CCN(c2cccc([C]=O)c2)CC1. The van der Waals surface area contributed by atoms with Crippen LogP contribution in [0.2, 0.25) is 0 Å². The number of anilines is 1. The smallest absolute Gasteiger partial charge is 0.410 e. The number of ether oxygens (including phenoxy) is 1. The lowest BCUT2D eigenvalue weighted by molar-refractivity contribution is 0.0240. The van der Waals surface area contributed by atoms with Gasteiger partial charge in [0.25, 0.3) is 0 Å². The number of hydrogen-bond acceptors (Lipinski definition) is 4. The van der Waals surface area contributed by atoms with Crippen molar-refractivity contribution in [1.82, 2.24) is 4.90 Å². The summed E-state index contributed by atoms with van der Waals surface area (Å²) in [5.74, 6) is 0. The molecule has 1 heterocycles. The van der Waals surface area contributed by atoms with Crippen molar-refractivity contribution in [2.75, 3.05) is 31.1 Å². The summed E-state index contributed by atoms with van der Waals surface area (Å²) in [5.41, 5.74) is 1.06. The van der Waals surface area contributed by atoms with Gasteiger partial charge in [0.1, 0.15) is 5.60 Å². The Morgan fingerprint density at radius 3 is 2.43 bits per heavy atom. The normalized spacial score (nSPS) is 15.8. The fourth-order valence-corrected chi connectivity index (χ4v) is 2.24. The maximum absolute atomic E-state index is 12.0. The van der Waals surface area contributed by atoms with Crippen molar-refractivity contribution < 1.29 is 14.3 Å². The van der Waals surface area contributed by atoms with Gasteiger partial charge in [0.15, 0.2) is 0 Å². The Balaban J connectivity index is 1.93. The van der Waals surface area contributed by atoms with Crippen molar-refractivity contribution in [3.8, 4) is 0 Å². The van der Waals surface area contributed by atoms with Crippen molar-refractivity contribution in [3.05, 3.63) is 29.8 Å². The van der Waals surface area contributed by atoms with Crippen LogP contribution in [0.25, 0.3) is 0 Å². The van der Waals surface area contributed by atoms with Gasteiger partial charge in [-0.1, -0.05) is 12.1 Å². The van der Waals surface area contributed by atoms with E-state index in [-0.39, 0.29) is 6.09 Å². The molecule has 0 aromatic heterocycles. The lowest BCUT2D eigenvalue weighted by Gasteiger charge is -2.36. The van der Waals surface area contributed by atoms with Gasteiger partial charge in [0.2, 0.25) is 6.29 Å². The van der Waals surface area contributed by atoms with Crippen molar-refractivity contribution in [2.24, 2.45) is 0 Å². The van der Waals surface area contributed by atoms with Crippen LogP contribution in [0.3, 0.4) is 0 Å². The van der Waals surface area contributed by atoms with Gasteiger partial charge in [-0.15, -0.1) is 0 Å². The molecule has 1 aromatic rings. The minimum Gasteiger partial charge on any atom is -0.444 e. The zero-order valence-corrected chi connectivity index (χ0v) is 12.8. The van der Waals surface area contributed by atoms with Gasteiger partial charge in [-0.3, -0.25) is 4.79 Å². The molecule has 113 valence electrons. The molecule has 5 heteroatoms. The Kier molecular flexibility index (Phi) is 4.50. The molecule has 0 saturated carbocycles. The van der Waals surface area contributed by atoms with Crippen LogP contribution in [0, 0.1) is 0 Å². The van der Waals surface area contributed by atoms with E-state index in [1.807, 2.05) is 45.3 Å². The van der Waals surface area contributed by atoms with Crippen molar-refractivity contribution in [2.45, 2.75) is 26.4 Å². The quantitative estimate of drug-likeness (QED) is 0.837. The first-order chi connectivity index (χ1) is 9.89. The van der Waals surface area contributed by atoms with Crippen molar-refractivity contribution >= 4 is 18.1 Å². The summed E-state index contributed by atoms with van der Waals surface area (Å²) < 4.78 is 5.37. The summed E-state index contributed by atoms with van der Waals surface area (Å²) >= 11 is 0. The lowest BCUT2D eigenvalue weighted by atomic mass is 10.2. The van der Waals surface area contributed by atoms with Gasteiger partial charge >= 0.3 is 6.09 Å². The fourth-order valence-electron chi connectivity index (χ4n) is 2.24. The number of amides is 1. The lowest BCUT2D eigenvalue weighted by Crippen LogP contribution is -2.50. The first kappa shape index (κ1) is 15.4. The van der Waals surface area contributed by atoms with E-state index in [0.29, 0.717) is 18.7 Å². The molecule has 0 spiro atoms. The molecule has 1 aliphatic rings. The number of nitrogens with zero attached hydrogens (tertiary/aromatic N) is 2. The zero-order valence-electron chi connectivity index (χ0n) is 12.8. The molecule has 1 aliphatic heterocycles. The maximum atomic E-state index is 12.0. The highest BCUT2D eigenvalue weighted by molar-refractivity contribution is 5.77. The van der Waals surface area contributed by atoms with Crippen LogP contribution in [-0.2, 0) is 9.53 Å². The average Bonchev–Trinajstić information content (AvgIpc) is 2.46. The van der Waals surface area contributed by atoms with E-state index in [1.54, 1.807) is 11.0 Å². The summed E-state index contributed by atoms with van der Waals surface area (Å²) in [6.45, 7) is 8.27. The highest BCUT2D eigenvalue weighted by Gasteiger charge is 2.25. The number of rotatable bonds is 2. The van der Waals surface area contributed by atoms with Crippen LogP contribution in [0.5, 0.6) is 0 Å². The third-order valence-electron chi connectivity index (χ3n) is 3.26. The monoisotopic (exact) mass is 289 g/mol. The molecule has 1 saturated heterocycles. The topological polar surface area (TPSA) is 49.9 Å². The van der Waals surface area contributed by atoms with E-state index < -0.39 is 5.60 Å². The standard InChI is InChI=1S/C16H21N2O3/c1-16(2,3)21-15(20)18-9-7-17(8-10-18)14-6-4-5-13(11-14)12-19/h4-6,11H,7-10H2,1-3H3. The fraction of sp³-hybridized carbons (Fsp3) is 0.500. The largest absolute Gasteiger partial charge is 0.444 e. The molecule has 5 nitrogen and oxygen atoms in total. The van der Waals surface area contributed by atoms with Gasteiger partial charge in [0, 0.05) is 37.4 Å². The average molecular weight is 289 g/mol. The first-order valence-electron chi connectivity index (χ1n) is 7.10. The molecule has 1 amide bonds. The van der Waals surface area contributed by atoms with E-state index in [1.165, 1.54) is 0 Å². The molecule has 0 atom stereocenters. The molecule has 1 fully saturated rings. The maximum Gasteiger partial charge on any atom is 0.410 e. The zero-order chi connectivity index (χ0) is 15.5. The molecule has 1 radical (unpaired) electrons. The summed E-state index contributed by atoms with van der Waals surface area (Å²) in [5, 5.41) is 0. The van der Waals surface area contributed by atoms with Gasteiger partial charge in [-0.2, -0.15) is 0 Å². The van der Waals surface area contributed by atoms with E-state index in [0.717, 1.165) is 18.8 Å². The highest BCUT2D eigenvalue weighted by Crippen LogP contribution is 2.18. The van der Waals surface area contributed by atoms with Crippen LogP contribution in [0.15, 0.2) is 24.3 Å². The van der Waals surface area contributed by atoms with Crippen LogP contribution < -0.4 is 4.90 Å². The second-order valence-electron chi connectivity index (χ2n) is 6.11. The molecule has 1 aromatic carbocycles. The third kappa shape index (κ3) is 4.21. The molecular weight excluding hydrogens is 268 g/mol. The molecule has 0 bridgehead atoms. The van der Waals surface area contributed by atoms with Gasteiger partial charge in [-0.05, 0) is 32.9 Å². The Bertz CT molecular complexity index is 514. The van der Waals surface area contributed by atoms with Gasteiger partial charge < -0.3 is 14.5 Å². The summed E-state index contributed by atoms with van der Waals surface area (Å²) in [6.07, 6.45) is 1.63. The van der Waals surface area contributed by atoms with Crippen LogP contribution in [0.1, 0.15) is 26.3 Å². The van der Waals surface area contributed by atoms with Gasteiger partial charge in [0.05, 0.1) is 0 Å². The number of carbonyl (C=O) groups excluding carboxylic acids is 2. The summed E-state index contributed by atoms with van der Waals surface area (Å²) in [4.78, 5) is 26.6. The van der Waals surface area contributed by atoms with E-state index >= 15 is 0 Å². The van der Waals surface area contributed by atoms with Crippen LogP contribution in [-0.4, -0.2) is 49.1 Å². The highest BCUT2D eigenvalue weighted by atomic mass is 16.6. The minimum atomic E-state index is -0.470. The number of piperazine rings is 1. The Labute approximate surface area is 125 Å². The van der Waals surface area contributed by atoms with Gasteiger partial charge in [-0.25, -0.2) is 4.79 Å². The molecule has 21 heavy (non-hydrogen) atoms. The van der Waals surface area contributed by atoms with E-state index in [9.17, 15) is 9.59 Å². The predicted molar refractivity (Wildman–Crippen MR) is 81.3 cm³/mol. The van der Waals surface area contributed by atoms with Crippen molar-refractivity contribution in [3.63, 3.8) is 0 Å². The third-order valence-corrected chi connectivity index (χ3v) is 3.26. The predicted octanol–water partition coefficient (Wildman–Crippen LogP) is 2.20. The molecule has 2 rings (SSSR count). The first-order valence-corrected chi connectivity index (χ1v) is 7.10. The number of benzene rings is 1.